The number of H-pyrrole nitrogens is 1. The van der Waals surface area contributed by atoms with Crippen LogP contribution in [0.15, 0.2) is 24.3 Å². The summed E-state index contributed by atoms with van der Waals surface area (Å²) in [4.78, 5) is 0. The van der Waals surface area contributed by atoms with Gasteiger partial charge in [-0.3, -0.25) is 5.41 Å². The predicted octanol–water partition coefficient (Wildman–Crippen LogP) is 1.44. The highest BCUT2D eigenvalue weighted by atomic mass is 19.4. The lowest BCUT2D eigenvalue weighted by atomic mass is 10.3. The zero-order chi connectivity index (χ0) is 12.2. The number of nitrogens with zero attached hydrogens (tertiary/aromatic N) is 2. The van der Waals surface area contributed by atoms with Gasteiger partial charge in [0.05, 0.1) is 0 Å². The Morgan fingerprint density at radius 3 is 1.88 bits per heavy atom. The third-order valence-corrected chi connectivity index (χ3v) is 1.53. The maximum atomic E-state index is 10.8. The minimum Gasteiger partial charge on any atom is -0.380 e. The van der Waals surface area contributed by atoms with Crippen LogP contribution >= 0.6 is 0 Å². The Kier molecular flexibility index (Phi) is 3.44. The molecular weight excluding hydrogens is 223 g/mol. The van der Waals surface area contributed by atoms with Crippen molar-refractivity contribution in [2.75, 3.05) is 0 Å². The highest BCUT2D eigenvalue weighted by Crippen LogP contribution is 2.12. The second kappa shape index (κ2) is 4.60. The minimum atomic E-state index is -4.64. The lowest BCUT2D eigenvalue weighted by Crippen LogP contribution is -2.29. The van der Waals surface area contributed by atoms with E-state index in [0.717, 1.165) is 11.0 Å². The van der Waals surface area contributed by atoms with Crippen LogP contribution in [0.2, 0.25) is 0 Å². The Balaban J connectivity index is 0.000000168. The van der Waals surface area contributed by atoms with Gasteiger partial charge >= 0.3 is 6.18 Å². The van der Waals surface area contributed by atoms with E-state index in [1.54, 1.807) is 0 Å². The van der Waals surface area contributed by atoms with Gasteiger partial charge in [-0.1, -0.05) is 12.1 Å². The maximum absolute atomic E-state index is 10.8. The van der Waals surface area contributed by atoms with Gasteiger partial charge in [0.25, 0.3) is 0 Å². The minimum absolute atomic E-state index is 0.914. The van der Waals surface area contributed by atoms with Crippen molar-refractivity contribution in [3.8, 4) is 0 Å². The topological polar surface area (TPSA) is 91.4 Å². The molecule has 0 unspecified atom stereocenters. The van der Waals surface area contributed by atoms with E-state index in [4.69, 9.17) is 5.41 Å². The number of halogens is 3. The highest BCUT2D eigenvalue weighted by molar-refractivity contribution is 5.82. The lowest BCUT2D eigenvalue weighted by Gasteiger charge is -1.98. The van der Waals surface area contributed by atoms with Gasteiger partial charge in [-0.15, -0.1) is 0 Å². The molecule has 0 atom stereocenters. The van der Waals surface area contributed by atoms with Crippen molar-refractivity contribution in [3.05, 3.63) is 24.3 Å². The Morgan fingerprint density at radius 2 is 1.56 bits per heavy atom. The largest absolute Gasteiger partial charge is 0.448 e. The van der Waals surface area contributed by atoms with E-state index in [2.05, 4.69) is 21.1 Å². The van der Waals surface area contributed by atoms with Crippen molar-refractivity contribution in [1.82, 2.24) is 15.4 Å². The van der Waals surface area contributed by atoms with E-state index in [9.17, 15) is 13.2 Å². The summed E-state index contributed by atoms with van der Waals surface area (Å²) in [5.74, 6) is -1.76. The van der Waals surface area contributed by atoms with Crippen LogP contribution in [0.25, 0.3) is 11.0 Å². The quantitative estimate of drug-likeness (QED) is 0.473. The summed E-state index contributed by atoms with van der Waals surface area (Å²) >= 11 is 0. The lowest BCUT2D eigenvalue weighted by molar-refractivity contribution is -0.0606. The molecule has 0 saturated carbocycles. The molecule has 16 heavy (non-hydrogen) atoms. The molecule has 0 fully saturated rings. The molecule has 1 aromatic heterocycles. The molecule has 0 spiro atoms. The van der Waals surface area contributed by atoms with Gasteiger partial charge in [0.15, 0.2) is 5.84 Å². The molecule has 0 bridgehead atoms. The normalized spacial score (nSPS) is 10.7. The second-order valence-corrected chi connectivity index (χ2v) is 2.72. The average molecular weight is 231 g/mol. The molecule has 86 valence electrons. The molecule has 0 amide bonds. The number of nitrogens with one attached hydrogen (secondary N) is 2. The van der Waals surface area contributed by atoms with Crippen LogP contribution in [0.4, 0.5) is 13.2 Å². The summed E-state index contributed by atoms with van der Waals surface area (Å²) in [6.07, 6.45) is -4.64. The first-order valence-electron chi connectivity index (χ1n) is 4.08. The van der Waals surface area contributed by atoms with Gasteiger partial charge in [0.1, 0.15) is 11.0 Å². The number of hydrogen-bond donors (Lipinski definition) is 3. The van der Waals surface area contributed by atoms with Gasteiger partial charge in [0.2, 0.25) is 0 Å². The van der Waals surface area contributed by atoms with Crippen molar-refractivity contribution in [2.45, 2.75) is 6.18 Å². The summed E-state index contributed by atoms with van der Waals surface area (Å²) in [6.45, 7) is 0. The zero-order valence-electron chi connectivity index (χ0n) is 7.92. The summed E-state index contributed by atoms with van der Waals surface area (Å²) in [5.41, 5.74) is 5.86. The molecule has 1 heterocycles. The first kappa shape index (κ1) is 12.0. The number of fused-ring (bicyclic) bond motifs is 1. The number of para-hydroxylation sites is 2. The molecular formula is C8H8F3N5. The van der Waals surface area contributed by atoms with Crippen LogP contribution in [0, 0.1) is 5.41 Å². The second-order valence-electron chi connectivity index (χ2n) is 2.72. The van der Waals surface area contributed by atoms with Crippen LogP contribution in [-0.2, 0) is 0 Å². The monoisotopic (exact) mass is 231 g/mol. The molecule has 0 aliphatic rings. The van der Waals surface area contributed by atoms with Gasteiger partial charge in [-0.25, -0.2) is 0 Å². The van der Waals surface area contributed by atoms with E-state index in [0.29, 0.717) is 0 Å². The first-order chi connectivity index (χ1) is 7.41. The first-order valence-corrected chi connectivity index (χ1v) is 4.08. The van der Waals surface area contributed by atoms with Crippen molar-refractivity contribution in [3.63, 3.8) is 0 Å². The van der Waals surface area contributed by atoms with E-state index in [1.807, 2.05) is 24.3 Å². The summed E-state index contributed by atoms with van der Waals surface area (Å²) in [5, 5.41) is 16.1. The molecule has 1 aromatic carbocycles. The fourth-order valence-corrected chi connectivity index (χ4v) is 0.786. The molecule has 2 rings (SSSR count). The maximum Gasteiger partial charge on any atom is 0.448 e. The van der Waals surface area contributed by atoms with Crippen molar-refractivity contribution in [1.29, 1.82) is 5.41 Å². The zero-order valence-corrected chi connectivity index (χ0v) is 7.92. The number of benzene rings is 1. The third-order valence-electron chi connectivity index (χ3n) is 1.53. The van der Waals surface area contributed by atoms with Crippen LogP contribution in [-0.4, -0.2) is 27.4 Å². The van der Waals surface area contributed by atoms with Crippen LogP contribution in [0.5, 0.6) is 0 Å². The van der Waals surface area contributed by atoms with Crippen molar-refractivity contribution in [2.24, 2.45) is 5.73 Å². The number of amidine groups is 1. The molecule has 5 nitrogen and oxygen atoms in total. The fraction of sp³-hybridized carbons (Fsp3) is 0.125. The Morgan fingerprint density at radius 1 is 1.19 bits per heavy atom. The molecule has 0 aliphatic heterocycles. The SMILES string of the molecule is N=C(N)C(F)(F)F.c1ccc2n[nH]nc2c1. The molecule has 0 radical (unpaired) electrons. The number of nitrogens with two attached hydrogens (primary N) is 1. The van der Waals surface area contributed by atoms with Gasteiger partial charge in [-0.05, 0) is 12.1 Å². The highest BCUT2D eigenvalue weighted by Gasteiger charge is 2.31. The average Bonchev–Trinajstić information content (AvgIpc) is 2.64. The molecule has 2 aromatic rings. The molecule has 8 heteroatoms. The predicted molar refractivity (Wildman–Crippen MR) is 51.9 cm³/mol. The van der Waals surface area contributed by atoms with E-state index < -0.39 is 12.0 Å². The van der Waals surface area contributed by atoms with Crippen LogP contribution in [0.1, 0.15) is 0 Å². The fourth-order valence-electron chi connectivity index (χ4n) is 0.786. The van der Waals surface area contributed by atoms with Gasteiger partial charge in [-0.2, -0.15) is 28.6 Å². The van der Waals surface area contributed by atoms with Crippen LogP contribution < -0.4 is 5.73 Å². The number of aromatic nitrogens is 3. The molecule has 0 aliphatic carbocycles. The smallest absolute Gasteiger partial charge is 0.380 e. The standard InChI is InChI=1S/C6H5N3.C2H3F3N2/c1-2-4-6-5(3-1)7-9-8-6;3-2(4,5)1(6)7/h1-4H,(H,7,8,9);(H3,6,7). The number of rotatable bonds is 0. The third kappa shape index (κ3) is 3.23. The Hall–Kier alpha value is -2.12. The Labute approximate surface area is 88.0 Å². The van der Waals surface area contributed by atoms with Crippen LogP contribution in [0.3, 0.4) is 0 Å². The van der Waals surface area contributed by atoms with E-state index in [1.165, 1.54) is 0 Å². The van der Waals surface area contributed by atoms with Crippen molar-refractivity contribution >= 4 is 16.9 Å². The molecule has 0 saturated heterocycles. The number of aromatic amines is 1. The number of hydrogen-bond acceptors (Lipinski definition) is 3. The van der Waals surface area contributed by atoms with E-state index in [-0.39, 0.29) is 0 Å². The summed E-state index contributed by atoms with van der Waals surface area (Å²) in [7, 11) is 0. The van der Waals surface area contributed by atoms with E-state index >= 15 is 0 Å². The van der Waals surface area contributed by atoms with Gasteiger partial charge < -0.3 is 5.73 Å². The molecule has 4 N–H and O–H groups in total. The number of alkyl halides is 3. The Bertz CT molecular complexity index is 445. The van der Waals surface area contributed by atoms with Gasteiger partial charge in [0, 0.05) is 0 Å². The van der Waals surface area contributed by atoms with Crippen molar-refractivity contribution < 1.29 is 13.2 Å². The summed E-state index contributed by atoms with van der Waals surface area (Å²) in [6, 6.07) is 7.70. The summed E-state index contributed by atoms with van der Waals surface area (Å²) < 4.78 is 32.5.